The van der Waals surface area contributed by atoms with E-state index < -0.39 is 5.91 Å². The maximum absolute atomic E-state index is 13.1. The van der Waals surface area contributed by atoms with Crippen LogP contribution in [0.1, 0.15) is 49.3 Å². The quantitative estimate of drug-likeness (QED) is 0.764. The first kappa shape index (κ1) is 19.2. The molecule has 1 unspecified atom stereocenters. The van der Waals surface area contributed by atoms with E-state index in [9.17, 15) is 9.59 Å². The number of rotatable bonds is 3. The Morgan fingerprint density at radius 2 is 1.97 bits per heavy atom. The van der Waals surface area contributed by atoms with Gasteiger partial charge in [-0.1, -0.05) is 32.0 Å². The fourth-order valence-electron chi connectivity index (χ4n) is 5.47. The minimum absolute atomic E-state index is 0.339. The predicted molar refractivity (Wildman–Crippen MR) is 122 cm³/mol. The van der Waals surface area contributed by atoms with Gasteiger partial charge in [-0.3, -0.25) is 19.9 Å². The Labute approximate surface area is 186 Å². The lowest BCUT2D eigenvalue weighted by atomic mass is 9.94. The fraction of sp³-hybridized carbons (Fsp3) is 0.360. The molecule has 0 saturated carbocycles. The molecule has 1 aromatic carbocycles. The molecule has 2 amide bonds. The molecule has 0 bridgehead atoms. The van der Waals surface area contributed by atoms with Gasteiger partial charge in [-0.15, -0.1) is 0 Å². The van der Waals surface area contributed by atoms with Gasteiger partial charge in [-0.25, -0.2) is 4.98 Å². The van der Waals surface area contributed by atoms with Crippen LogP contribution in [0, 0.1) is 5.92 Å². The predicted octanol–water partition coefficient (Wildman–Crippen LogP) is 2.99. The highest BCUT2D eigenvalue weighted by molar-refractivity contribution is 6.47. The van der Waals surface area contributed by atoms with Crippen molar-refractivity contribution < 1.29 is 9.59 Å². The van der Waals surface area contributed by atoms with Crippen molar-refractivity contribution in [2.45, 2.75) is 52.1 Å². The molecular formula is C25H25N5O2. The molecule has 0 saturated heterocycles. The van der Waals surface area contributed by atoms with Gasteiger partial charge in [-0.05, 0) is 30.7 Å². The highest BCUT2D eigenvalue weighted by Gasteiger charge is 2.40. The number of carbonyl (C=O) groups excluding carboxylic acids is 2. The largest absolute Gasteiger partial charge is 0.342 e. The number of amides is 2. The third-order valence-corrected chi connectivity index (χ3v) is 7.01. The Hall–Kier alpha value is -3.48. The number of aromatic nitrogens is 2. The number of aliphatic imine (C=N–C) groups is 1. The van der Waals surface area contributed by atoms with Crippen LogP contribution < -0.4 is 10.2 Å². The van der Waals surface area contributed by atoms with Crippen molar-refractivity contribution >= 4 is 28.8 Å². The number of para-hydroxylation sites is 1. The van der Waals surface area contributed by atoms with E-state index in [2.05, 4.69) is 39.7 Å². The molecule has 7 heteroatoms. The molecule has 0 aliphatic carbocycles. The first-order valence-electron chi connectivity index (χ1n) is 11.3. The molecule has 1 N–H and O–H groups in total. The SMILES string of the molecule is CC(C)C1Cc2cccc3c2N1C=CN=C3C1=C(c2cnc3n2CCCC3)C(=O)NC1=O. The minimum atomic E-state index is -0.395. The second-order valence-electron chi connectivity index (χ2n) is 9.21. The van der Waals surface area contributed by atoms with Gasteiger partial charge < -0.3 is 9.47 Å². The van der Waals surface area contributed by atoms with Crippen LogP contribution in [0.5, 0.6) is 0 Å². The normalized spacial score (nSPS) is 21.7. The fourth-order valence-corrected chi connectivity index (χ4v) is 5.47. The third kappa shape index (κ3) is 2.66. The first-order chi connectivity index (χ1) is 15.5. The zero-order chi connectivity index (χ0) is 22.0. The van der Waals surface area contributed by atoms with Crippen molar-refractivity contribution in [3.8, 4) is 0 Å². The number of imide groups is 1. The maximum Gasteiger partial charge on any atom is 0.261 e. The minimum Gasteiger partial charge on any atom is -0.342 e. The number of nitrogens with one attached hydrogen (secondary N) is 1. The maximum atomic E-state index is 13.1. The standard InChI is InChI=1S/C25H25N5O2/c1-14(2)17-12-15-6-5-7-16-22(26-9-11-30(17)23(15)16)21-20(24(31)28-25(21)32)18-13-27-19-8-3-4-10-29(18)19/h5-7,9,11,13-14,17H,3-4,8,10,12H2,1-2H3,(H,28,31,32). The van der Waals surface area contributed by atoms with E-state index in [1.165, 1.54) is 5.56 Å². The first-order valence-corrected chi connectivity index (χ1v) is 11.3. The van der Waals surface area contributed by atoms with E-state index in [-0.39, 0.29) is 5.91 Å². The molecule has 0 fully saturated rings. The average Bonchev–Trinajstić information content (AvgIpc) is 3.40. The summed E-state index contributed by atoms with van der Waals surface area (Å²) in [7, 11) is 0. The summed E-state index contributed by atoms with van der Waals surface area (Å²) in [5, 5.41) is 2.52. The Morgan fingerprint density at radius 1 is 1.12 bits per heavy atom. The molecule has 4 aliphatic heterocycles. The highest BCUT2D eigenvalue weighted by atomic mass is 16.2. The van der Waals surface area contributed by atoms with Gasteiger partial charge in [0.1, 0.15) is 5.82 Å². The summed E-state index contributed by atoms with van der Waals surface area (Å²) in [6.07, 6.45) is 9.46. The van der Waals surface area contributed by atoms with Gasteiger partial charge in [0.2, 0.25) is 0 Å². The van der Waals surface area contributed by atoms with Crippen LogP contribution in [0.15, 0.2) is 47.4 Å². The van der Waals surface area contributed by atoms with Gasteiger partial charge in [0.05, 0.1) is 34.4 Å². The van der Waals surface area contributed by atoms with E-state index >= 15 is 0 Å². The highest BCUT2D eigenvalue weighted by Crippen LogP contribution is 2.41. The topological polar surface area (TPSA) is 79.6 Å². The van der Waals surface area contributed by atoms with Crippen molar-refractivity contribution in [1.29, 1.82) is 0 Å². The summed E-state index contributed by atoms with van der Waals surface area (Å²) in [6, 6.07) is 6.51. The lowest BCUT2D eigenvalue weighted by Gasteiger charge is -2.27. The molecule has 1 atom stereocenters. The van der Waals surface area contributed by atoms with Crippen LogP contribution >= 0.6 is 0 Å². The Morgan fingerprint density at radius 3 is 2.81 bits per heavy atom. The Bertz CT molecular complexity index is 1260. The molecule has 6 rings (SSSR count). The van der Waals surface area contributed by atoms with Crippen molar-refractivity contribution in [2.24, 2.45) is 10.9 Å². The molecule has 32 heavy (non-hydrogen) atoms. The number of imidazole rings is 1. The smallest absolute Gasteiger partial charge is 0.261 e. The molecule has 4 aliphatic rings. The van der Waals surface area contributed by atoms with Crippen molar-refractivity contribution in [3.05, 3.63) is 65.0 Å². The van der Waals surface area contributed by atoms with Crippen LogP contribution in [-0.2, 0) is 29.0 Å². The molecule has 5 heterocycles. The van der Waals surface area contributed by atoms with Crippen LogP contribution in [0.2, 0.25) is 0 Å². The number of anilines is 1. The van der Waals surface area contributed by atoms with Gasteiger partial charge >= 0.3 is 0 Å². The van der Waals surface area contributed by atoms with Gasteiger partial charge in [0.25, 0.3) is 11.8 Å². The van der Waals surface area contributed by atoms with Crippen molar-refractivity contribution in [3.63, 3.8) is 0 Å². The summed E-state index contributed by atoms with van der Waals surface area (Å²) in [6.45, 7) is 5.26. The second kappa shape index (κ2) is 7.02. The number of hydrogen-bond donors (Lipinski definition) is 1. The lowest BCUT2D eigenvalue weighted by Crippen LogP contribution is -2.32. The molecule has 162 valence electrons. The monoisotopic (exact) mass is 427 g/mol. The lowest BCUT2D eigenvalue weighted by molar-refractivity contribution is -0.123. The summed E-state index contributed by atoms with van der Waals surface area (Å²) in [5.41, 5.74) is 5.21. The van der Waals surface area contributed by atoms with E-state index in [4.69, 9.17) is 4.99 Å². The van der Waals surface area contributed by atoms with E-state index in [1.807, 2.05) is 18.3 Å². The Kier molecular flexibility index (Phi) is 4.22. The van der Waals surface area contributed by atoms with E-state index in [1.54, 1.807) is 12.4 Å². The zero-order valence-electron chi connectivity index (χ0n) is 18.3. The molecule has 1 aromatic heterocycles. The molecule has 2 aromatic rings. The number of carbonyl (C=O) groups is 2. The van der Waals surface area contributed by atoms with Crippen LogP contribution in [-0.4, -0.2) is 33.1 Å². The summed E-state index contributed by atoms with van der Waals surface area (Å²) < 4.78 is 2.08. The van der Waals surface area contributed by atoms with Crippen molar-refractivity contribution in [1.82, 2.24) is 14.9 Å². The molecule has 0 radical (unpaired) electrons. The molecule has 7 nitrogen and oxygen atoms in total. The van der Waals surface area contributed by atoms with E-state index in [0.29, 0.717) is 34.5 Å². The number of hydrogen-bond acceptors (Lipinski definition) is 5. The number of benzene rings is 1. The van der Waals surface area contributed by atoms with E-state index in [0.717, 1.165) is 49.3 Å². The average molecular weight is 428 g/mol. The van der Waals surface area contributed by atoms with Crippen molar-refractivity contribution in [2.75, 3.05) is 4.90 Å². The molecule has 0 spiro atoms. The summed E-state index contributed by atoms with van der Waals surface area (Å²) in [4.78, 5) is 37.6. The Balaban J connectivity index is 1.56. The second-order valence-corrected chi connectivity index (χ2v) is 9.21. The summed E-state index contributed by atoms with van der Waals surface area (Å²) >= 11 is 0. The number of aryl methyl sites for hydroxylation is 1. The number of fused-ring (bicyclic) bond motifs is 1. The van der Waals surface area contributed by atoms with Crippen LogP contribution in [0.3, 0.4) is 0 Å². The van der Waals surface area contributed by atoms with Gasteiger partial charge in [-0.2, -0.15) is 0 Å². The number of nitrogens with zero attached hydrogens (tertiary/aromatic N) is 4. The van der Waals surface area contributed by atoms with Gasteiger partial charge in [0, 0.05) is 37.0 Å². The third-order valence-electron chi connectivity index (χ3n) is 7.01. The van der Waals surface area contributed by atoms with Crippen LogP contribution in [0.4, 0.5) is 5.69 Å². The zero-order valence-corrected chi connectivity index (χ0v) is 18.3. The van der Waals surface area contributed by atoms with Crippen LogP contribution in [0.25, 0.3) is 5.57 Å². The molecular weight excluding hydrogens is 402 g/mol. The van der Waals surface area contributed by atoms with Gasteiger partial charge in [0.15, 0.2) is 0 Å². The summed E-state index contributed by atoms with van der Waals surface area (Å²) in [5.74, 6) is 0.664.